The molecule has 0 spiro atoms. The first-order valence-electron chi connectivity index (χ1n) is 11.9. The van der Waals surface area contributed by atoms with Crippen LogP contribution >= 0.6 is 0 Å². The zero-order chi connectivity index (χ0) is 21.6. The van der Waals surface area contributed by atoms with Crippen LogP contribution in [0, 0.1) is 0 Å². The normalized spacial score (nSPS) is 20.9. The van der Waals surface area contributed by atoms with E-state index in [2.05, 4.69) is 9.80 Å². The molecule has 2 aromatic rings. The Hall–Kier alpha value is -2.46. The molecule has 0 aliphatic carbocycles. The highest BCUT2D eigenvalue weighted by atomic mass is 16.2. The van der Waals surface area contributed by atoms with Gasteiger partial charge in [0.2, 0.25) is 5.91 Å². The molecule has 4 nitrogen and oxygen atoms in total. The van der Waals surface area contributed by atoms with Crippen LogP contribution < -0.4 is 0 Å². The third-order valence-electron chi connectivity index (χ3n) is 6.88. The highest BCUT2D eigenvalue weighted by Crippen LogP contribution is 2.26. The van der Waals surface area contributed by atoms with Crippen molar-refractivity contribution >= 4 is 11.7 Å². The van der Waals surface area contributed by atoms with Gasteiger partial charge in [-0.15, -0.1) is 0 Å². The quantitative estimate of drug-likeness (QED) is 0.627. The van der Waals surface area contributed by atoms with Gasteiger partial charge in [0.15, 0.2) is 5.78 Å². The maximum atomic E-state index is 13.5. The van der Waals surface area contributed by atoms with Gasteiger partial charge in [-0.25, -0.2) is 0 Å². The second-order valence-electron chi connectivity index (χ2n) is 9.08. The van der Waals surface area contributed by atoms with Gasteiger partial charge in [0.05, 0.1) is 5.92 Å². The molecule has 0 radical (unpaired) electrons. The Morgan fingerprint density at radius 1 is 0.871 bits per heavy atom. The molecule has 31 heavy (non-hydrogen) atoms. The maximum Gasteiger partial charge on any atom is 0.230 e. The summed E-state index contributed by atoms with van der Waals surface area (Å²) in [5.41, 5.74) is 2.25. The molecule has 164 valence electrons. The first kappa shape index (κ1) is 21.8. The van der Waals surface area contributed by atoms with Crippen LogP contribution in [0.3, 0.4) is 0 Å². The molecule has 2 saturated heterocycles. The van der Waals surface area contributed by atoms with Crippen molar-refractivity contribution in [2.75, 3.05) is 26.2 Å². The van der Waals surface area contributed by atoms with Gasteiger partial charge >= 0.3 is 0 Å². The fourth-order valence-electron chi connectivity index (χ4n) is 5.02. The van der Waals surface area contributed by atoms with Gasteiger partial charge in [-0.1, -0.05) is 55.0 Å². The molecule has 4 heteroatoms. The van der Waals surface area contributed by atoms with Crippen molar-refractivity contribution in [2.45, 2.75) is 57.4 Å². The second-order valence-corrected chi connectivity index (χ2v) is 9.08. The lowest BCUT2D eigenvalue weighted by atomic mass is 9.92. The number of rotatable bonds is 6. The Labute approximate surface area is 186 Å². The number of carbonyl (C=O) groups excluding carboxylic acids is 2. The molecular weight excluding hydrogens is 384 g/mol. The zero-order valence-electron chi connectivity index (χ0n) is 18.6. The summed E-state index contributed by atoms with van der Waals surface area (Å²) in [6.07, 6.45) is 7.28. The van der Waals surface area contributed by atoms with Crippen molar-refractivity contribution in [1.82, 2.24) is 9.80 Å². The van der Waals surface area contributed by atoms with E-state index in [4.69, 9.17) is 0 Å². The summed E-state index contributed by atoms with van der Waals surface area (Å²) in [5, 5.41) is 0. The van der Waals surface area contributed by atoms with Crippen LogP contribution in [0.1, 0.15) is 72.9 Å². The topological polar surface area (TPSA) is 40.6 Å². The largest absolute Gasteiger partial charge is 0.338 e. The summed E-state index contributed by atoms with van der Waals surface area (Å²) in [6, 6.07) is 17.3. The van der Waals surface area contributed by atoms with Gasteiger partial charge in [-0.2, -0.15) is 0 Å². The first-order chi connectivity index (χ1) is 15.1. The molecule has 2 aliphatic heterocycles. The summed E-state index contributed by atoms with van der Waals surface area (Å²) in [7, 11) is 0. The lowest BCUT2D eigenvalue weighted by Gasteiger charge is -2.41. The van der Waals surface area contributed by atoms with Crippen molar-refractivity contribution in [3.63, 3.8) is 0 Å². The number of hydrogen-bond donors (Lipinski definition) is 0. The van der Waals surface area contributed by atoms with E-state index in [0.717, 1.165) is 44.6 Å². The minimum Gasteiger partial charge on any atom is -0.338 e. The number of benzene rings is 2. The lowest BCUT2D eigenvalue weighted by molar-refractivity contribution is -0.136. The number of carbonyl (C=O) groups is 2. The van der Waals surface area contributed by atoms with Crippen LogP contribution in [0.4, 0.5) is 0 Å². The summed E-state index contributed by atoms with van der Waals surface area (Å²) >= 11 is 0. The fraction of sp³-hybridized carbons (Fsp3) is 0.481. The Bertz CT molecular complexity index is 889. The second kappa shape index (κ2) is 10.2. The molecule has 2 aromatic carbocycles. The minimum atomic E-state index is -0.245. The number of amides is 1. The molecule has 2 atom stereocenters. The van der Waals surface area contributed by atoms with Crippen LogP contribution in [-0.2, 0) is 4.79 Å². The third-order valence-corrected chi connectivity index (χ3v) is 6.88. The lowest BCUT2D eigenvalue weighted by Crippen LogP contribution is -2.51. The van der Waals surface area contributed by atoms with Crippen molar-refractivity contribution < 1.29 is 9.59 Å². The van der Waals surface area contributed by atoms with Crippen LogP contribution in [0.5, 0.6) is 0 Å². The molecule has 4 rings (SSSR count). The predicted molar refractivity (Wildman–Crippen MR) is 124 cm³/mol. The Balaban J connectivity index is 1.48. The van der Waals surface area contributed by atoms with Gasteiger partial charge in [-0.3, -0.25) is 9.59 Å². The van der Waals surface area contributed by atoms with Gasteiger partial charge in [0, 0.05) is 30.3 Å². The van der Waals surface area contributed by atoms with Gasteiger partial charge in [0.25, 0.3) is 0 Å². The van der Waals surface area contributed by atoms with E-state index in [9.17, 15) is 9.59 Å². The van der Waals surface area contributed by atoms with Crippen molar-refractivity contribution in [1.29, 1.82) is 0 Å². The van der Waals surface area contributed by atoms with Gasteiger partial charge in [-0.05, 0) is 63.7 Å². The summed E-state index contributed by atoms with van der Waals surface area (Å²) in [5.74, 6) is -0.0421. The van der Waals surface area contributed by atoms with E-state index in [1.165, 1.54) is 25.7 Å². The minimum absolute atomic E-state index is 0.00282. The molecule has 2 fully saturated rings. The number of piperidine rings is 2. The van der Waals surface area contributed by atoms with Crippen molar-refractivity contribution in [2.24, 2.45) is 0 Å². The van der Waals surface area contributed by atoms with E-state index in [1.807, 2.05) is 61.5 Å². The maximum absolute atomic E-state index is 13.5. The average molecular weight is 419 g/mol. The van der Waals surface area contributed by atoms with E-state index < -0.39 is 0 Å². The Morgan fingerprint density at radius 2 is 1.58 bits per heavy atom. The van der Waals surface area contributed by atoms with E-state index in [0.29, 0.717) is 17.2 Å². The highest BCUT2D eigenvalue weighted by molar-refractivity contribution is 6.09. The van der Waals surface area contributed by atoms with Gasteiger partial charge < -0.3 is 9.80 Å². The molecule has 0 saturated carbocycles. The van der Waals surface area contributed by atoms with E-state index >= 15 is 0 Å². The summed E-state index contributed by atoms with van der Waals surface area (Å²) in [4.78, 5) is 31.1. The molecule has 0 N–H and O–H groups in total. The molecule has 0 aromatic heterocycles. The van der Waals surface area contributed by atoms with Crippen LogP contribution in [0.2, 0.25) is 0 Å². The fourth-order valence-corrected chi connectivity index (χ4v) is 5.02. The zero-order valence-corrected chi connectivity index (χ0v) is 18.6. The number of likely N-dealkylation sites (tertiary alicyclic amines) is 2. The van der Waals surface area contributed by atoms with Crippen LogP contribution in [0.25, 0.3) is 0 Å². The average Bonchev–Trinajstić information content (AvgIpc) is 2.84. The standard InChI is InChI=1S/C27H34N2O2/c1-21(23-13-10-14-24(19-23)26(30)22-11-4-2-5-12-22)27(31)29-18-9-6-15-25(29)20-28-16-7-3-8-17-28/h2,4-5,10-14,19,21,25H,3,6-9,15-18,20H2,1H3. The number of ketones is 1. The highest BCUT2D eigenvalue weighted by Gasteiger charge is 2.31. The monoisotopic (exact) mass is 418 g/mol. The van der Waals surface area contributed by atoms with Gasteiger partial charge in [0.1, 0.15) is 0 Å². The molecule has 2 aliphatic rings. The summed E-state index contributed by atoms with van der Waals surface area (Å²) in [6.45, 7) is 6.17. The molecule has 2 unspecified atom stereocenters. The number of hydrogen-bond acceptors (Lipinski definition) is 3. The predicted octanol–water partition coefficient (Wildman–Crippen LogP) is 4.89. The smallest absolute Gasteiger partial charge is 0.230 e. The first-order valence-corrected chi connectivity index (χ1v) is 11.9. The van der Waals surface area contributed by atoms with Crippen LogP contribution in [0.15, 0.2) is 54.6 Å². The molecule has 0 bridgehead atoms. The summed E-state index contributed by atoms with van der Waals surface area (Å²) < 4.78 is 0. The SMILES string of the molecule is CC(C(=O)N1CCCCC1CN1CCCCC1)c1cccc(C(=O)c2ccccc2)c1. The Kier molecular flexibility index (Phi) is 7.18. The molecule has 1 amide bonds. The molecular formula is C27H34N2O2. The van der Waals surface area contributed by atoms with E-state index in [1.54, 1.807) is 0 Å². The van der Waals surface area contributed by atoms with E-state index in [-0.39, 0.29) is 17.6 Å². The van der Waals surface area contributed by atoms with Crippen LogP contribution in [-0.4, -0.2) is 53.7 Å². The third kappa shape index (κ3) is 5.24. The number of nitrogens with zero attached hydrogens (tertiary/aromatic N) is 2. The Morgan fingerprint density at radius 3 is 2.35 bits per heavy atom. The molecule has 2 heterocycles. The van der Waals surface area contributed by atoms with Crippen molar-refractivity contribution in [3.8, 4) is 0 Å². The van der Waals surface area contributed by atoms with Crippen molar-refractivity contribution in [3.05, 3.63) is 71.3 Å².